The van der Waals surface area contributed by atoms with Crippen LogP contribution in [-0.4, -0.2) is 34.5 Å². The van der Waals surface area contributed by atoms with Crippen molar-refractivity contribution in [3.05, 3.63) is 0 Å². The van der Waals surface area contributed by atoms with Gasteiger partial charge in [0, 0.05) is 0 Å². The van der Waals surface area contributed by atoms with Crippen LogP contribution < -0.4 is 0 Å². The fourth-order valence-corrected chi connectivity index (χ4v) is 1.92. The minimum atomic E-state index is -1.21. The quantitative estimate of drug-likeness (QED) is 0.469. The molecule has 3 unspecified atom stereocenters. The van der Waals surface area contributed by atoms with Gasteiger partial charge in [0.25, 0.3) is 0 Å². The molecule has 0 aromatic rings. The number of aliphatic hydroxyl groups excluding tert-OH is 1. The maximum Gasteiger partial charge on any atom is 0.332 e. The molecule has 16 heavy (non-hydrogen) atoms. The number of aliphatic carboxylic acids is 1. The second-order valence-corrected chi connectivity index (χ2v) is 4.49. The lowest BCUT2D eigenvalue weighted by Gasteiger charge is -2.03. The molecule has 4 nitrogen and oxygen atoms in total. The minimum absolute atomic E-state index is 0.317. The number of aliphatic hydroxyl groups is 1. The normalized spacial score (nSPS) is 25.4. The van der Waals surface area contributed by atoms with Crippen molar-refractivity contribution in [2.24, 2.45) is 0 Å². The first kappa shape index (κ1) is 13.5. The second-order valence-electron chi connectivity index (χ2n) is 4.49. The highest BCUT2D eigenvalue weighted by Crippen LogP contribution is 2.31. The summed E-state index contributed by atoms with van der Waals surface area (Å²) in [6.45, 7) is 2.18. The SMILES string of the molecule is CCCCCC1OC1CCCC(O)C(=O)O. The van der Waals surface area contributed by atoms with E-state index in [0.717, 1.165) is 19.3 Å². The largest absolute Gasteiger partial charge is 0.479 e. The van der Waals surface area contributed by atoms with Gasteiger partial charge in [0.05, 0.1) is 12.2 Å². The van der Waals surface area contributed by atoms with Crippen molar-refractivity contribution < 1.29 is 19.7 Å². The van der Waals surface area contributed by atoms with Crippen molar-refractivity contribution in [1.82, 2.24) is 0 Å². The molecule has 1 fully saturated rings. The van der Waals surface area contributed by atoms with Gasteiger partial charge in [-0.3, -0.25) is 0 Å². The number of unbranched alkanes of at least 4 members (excludes halogenated alkanes) is 2. The maximum absolute atomic E-state index is 10.3. The third kappa shape index (κ3) is 4.94. The third-order valence-electron chi connectivity index (χ3n) is 3.03. The van der Waals surface area contributed by atoms with E-state index in [9.17, 15) is 4.79 Å². The Labute approximate surface area is 96.6 Å². The van der Waals surface area contributed by atoms with Gasteiger partial charge in [-0.2, -0.15) is 0 Å². The highest BCUT2D eigenvalue weighted by Gasteiger charge is 2.37. The molecule has 94 valence electrons. The lowest BCUT2D eigenvalue weighted by molar-refractivity contribution is -0.146. The van der Waals surface area contributed by atoms with E-state index in [1.54, 1.807) is 0 Å². The smallest absolute Gasteiger partial charge is 0.332 e. The number of epoxide rings is 1. The number of rotatable bonds is 9. The second kappa shape index (κ2) is 6.86. The molecule has 1 heterocycles. The van der Waals surface area contributed by atoms with E-state index in [-0.39, 0.29) is 0 Å². The van der Waals surface area contributed by atoms with Crippen LogP contribution in [0.2, 0.25) is 0 Å². The summed E-state index contributed by atoms with van der Waals surface area (Å²) in [5, 5.41) is 17.5. The van der Waals surface area contributed by atoms with E-state index in [4.69, 9.17) is 14.9 Å². The highest BCUT2D eigenvalue weighted by atomic mass is 16.6. The average molecular weight is 230 g/mol. The first-order valence-corrected chi connectivity index (χ1v) is 6.21. The van der Waals surface area contributed by atoms with E-state index in [1.807, 2.05) is 0 Å². The topological polar surface area (TPSA) is 70.1 Å². The van der Waals surface area contributed by atoms with Crippen molar-refractivity contribution in [3.63, 3.8) is 0 Å². The lowest BCUT2D eigenvalue weighted by Crippen LogP contribution is -2.19. The summed E-state index contributed by atoms with van der Waals surface area (Å²) >= 11 is 0. The highest BCUT2D eigenvalue weighted by molar-refractivity contribution is 5.71. The van der Waals surface area contributed by atoms with Crippen molar-refractivity contribution in [1.29, 1.82) is 0 Å². The Hall–Kier alpha value is -0.610. The predicted octanol–water partition coefficient (Wildman–Crippen LogP) is 1.95. The van der Waals surface area contributed by atoms with Crippen LogP contribution in [-0.2, 0) is 9.53 Å². The Morgan fingerprint density at radius 1 is 1.25 bits per heavy atom. The molecule has 1 saturated heterocycles. The summed E-state index contributed by atoms with van der Waals surface area (Å²) in [7, 11) is 0. The van der Waals surface area contributed by atoms with E-state index in [2.05, 4.69) is 6.92 Å². The number of carbonyl (C=O) groups is 1. The maximum atomic E-state index is 10.3. The van der Waals surface area contributed by atoms with Crippen LogP contribution in [0, 0.1) is 0 Å². The third-order valence-corrected chi connectivity index (χ3v) is 3.03. The fraction of sp³-hybridized carbons (Fsp3) is 0.917. The van der Waals surface area contributed by atoms with Gasteiger partial charge in [-0.15, -0.1) is 0 Å². The first-order chi connectivity index (χ1) is 7.65. The summed E-state index contributed by atoms with van der Waals surface area (Å²) in [6.07, 6.45) is 6.26. The van der Waals surface area contributed by atoms with Gasteiger partial charge in [-0.05, 0) is 25.7 Å². The molecule has 3 atom stereocenters. The molecule has 4 heteroatoms. The monoisotopic (exact) mass is 230 g/mol. The van der Waals surface area contributed by atoms with Crippen LogP contribution in [0.3, 0.4) is 0 Å². The molecule has 1 rings (SSSR count). The molecule has 0 amide bonds. The Morgan fingerprint density at radius 2 is 1.88 bits per heavy atom. The number of hydrogen-bond acceptors (Lipinski definition) is 3. The van der Waals surface area contributed by atoms with Crippen LogP contribution in [0.5, 0.6) is 0 Å². The molecular formula is C12H22O4. The molecule has 0 spiro atoms. The first-order valence-electron chi connectivity index (χ1n) is 6.21. The average Bonchev–Trinajstić information content (AvgIpc) is 2.97. The van der Waals surface area contributed by atoms with Gasteiger partial charge in [0.15, 0.2) is 6.10 Å². The minimum Gasteiger partial charge on any atom is -0.479 e. The summed E-state index contributed by atoms with van der Waals surface area (Å²) in [4.78, 5) is 10.3. The van der Waals surface area contributed by atoms with Gasteiger partial charge in [0.1, 0.15) is 0 Å². The lowest BCUT2D eigenvalue weighted by atomic mass is 10.1. The van der Waals surface area contributed by atoms with E-state index < -0.39 is 12.1 Å². The molecule has 0 aromatic heterocycles. The van der Waals surface area contributed by atoms with E-state index >= 15 is 0 Å². The molecular weight excluding hydrogens is 208 g/mol. The molecule has 0 saturated carbocycles. The molecule has 0 aliphatic carbocycles. The Balaban J connectivity index is 1.94. The molecule has 1 aliphatic rings. The van der Waals surface area contributed by atoms with Gasteiger partial charge < -0.3 is 14.9 Å². The van der Waals surface area contributed by atoms with Crippen LogP contribution in [0.1, 0.15) is 51.9 Å². The van der Waals surface area contributed by atoms with Crippen molar-refractivity contribution in [2.45, 2.75) is 70.2 Å². The number of hydrogen-bond donors (Lipinski definition) is 2. The summed E-state index contributed by atoms with van der Waals surface area (Å²) in [5.41, 5.74) is 0. The Morgan fingerprint density at radius 3 is 2.44 bits per heavy atom. The molecule has 1 aliphatic heterocycles. The predicted molar refractivity (Wildman–Crippen MR) is 60.3 cm³/mol. The number of ether oxygens (including phenoxy) is 1. The van der Waals surface area contributed by atoms with Crippen LogP contribution in [0.4, 0.5) is 0 Å². The standard InChI is InChI=1S/C12H22O4/c1-2-3-4-7-10-11(16-10)8-5-6-9(13)12(14)15/h9-11,13H,2-8H2,1H3,(H,14,15). The number of carboxylic acid groups (broad SMARTS) is 1. The zero-order valence-electron chi connectivity index (χ0n) is 9.89. The van der Waals surface area contributed by atoms with Gasteiger partial charge in [-0.1, -0.05) is 26.2 Å². The summed E-state index contributed by atoms with van der Waals surface area (Å²) in [5.74, 6) is -1.13. The molecule has 2 N–H and O–H groups in total. The molecule has 0 aromatic carbocycles. The van der Waals surface area contributed by atoms with E-state index in [1.165, 1.54) is 19.3 Å². The fourth-order valence-electron chi connectivity index (χ4n) is 1.92. The van der Waals surface area contributed by atoms with Crippen molar-refractivity contribution in [2.75, 3.05) is 0 Å². The Bertz CT molecular complexity index is 217. The zero-order valence-corrected chi connectivity index (χ0v) is 9.89. The van der Waals surface area contributed by atoms with Gasteiger partial charge >= 0.3 is 5.97 Å². The summed E-state index contributed by atoms with van der Waals surface area (Å²) < 4.78 is 5.48. The van der Waals surface area contributed by atoms with Gasteiger partial charge in [0.2, 0.25) is 0 Å². The van der Waals surface area contributed by atoms with Crippen molar-refractivity contribution in [3.8, 4) is 0 Å². The van der Waals surface area contributed by atoms with Gasteiger partial charge in [-0.25, -0.2) is 4.79 Å². The van der Waals surface area contributed by atoms with Crippen LogP contribution in [0.25, 0.3) is 0 Å². The van der Waals surface area contributed by atoms with E-state index in [0.29, 0.717) is 18.6 Å². The Kier molecular flexibility index (Phi) is 5.77. The van der Waals surface area contributed by atoms with Crippen molar-refractivity contribution >= 4 is 5.97 Å². The number of carboxylic acids is 1. The molecule has 0 bridgehead atoms. The van der Waals surface area contributed by atoms with Crippen LogP contribution >= 0.6 is 0 Å². The van der Waals surface area contributed by atoms with Crippen LogP contribution in [0.15, 0.2) is 0 Å². The zero-order chi connectivity index (χ0) is 12.0. The summed E-state index contributed by atoms with van der Waals surface area (Å²) in [6, 6.07) is 0. The molecule has 0 radical (unpaired) electrons.